The van der Waals surface area contributed by atoms with Gasteiger partial charge in [-0.2, -0.15) is 0 Å². The van der Waals surface area contributed by atoms with Crippen LogP contribution in [0.5, 0.6) is 11.5 Å². The molecule has 0 unspecified atom stereocenters. The number of ether oxygens (including phenoxy) is 1. The number of amides is 1. The lowest BCUT2D eigenvalue weighted by Crippen LogP contribution is -2.12. The number of hydrogen-bond donors (Lipinski definition) is 2. The molecule has 2 aromatic rings. The molecule has 0 aliphatic heterocycles. The smallest absolute Gasteiger partial charge is 0.259 e. The Balaban J connectivity index is 2.23. The van der Waals surface area contributed by atoms with Crippen molar-refractivity contribution < 1.29 is 14.6 Å². The number of nitrogens with zero attached hydrogens (tertiary/aromatic N) is 1. The fraction of sp³-hybridized carbons (Fsp3) is 0.0769. The lowest BCUT2D eigenvalue weighted by atomic mass is 10.1. The van der Waals surface area contributed by atoms with E-state index in [0.717, 1.165) is 0 Å². The lowest BCUT2D eigenvalue weighted by Gasteiger charge is -2.08. The molecule has 0 fully saturated rings. The topological polar surface area (TPSA) is 71.5 Å². The number of phenols is 1. The molecule has 1 aromatic heterocycles. The van der Waals surface area contributed by atoms with Crippen LogP contribution in [0.25, 0.3) is 0 Å². The summed E-state index contributed by atoms with van der Waals surface area (Å²) in [5.74, 6) is -0.0132. The van der Waals surface area contributed by atoms with Crippen LogP contribution in [0, 0.1) is 0 Å². The summed E-state index contributed by atoms with van der Waals surface area (Å²) < 4.78 is 5.01. The van der Waals surface area contributed by atoms with E-state index in [1.54, 1.807) is 24.4 Å². The number of nitrogens with one attached hydrogen (secondary N) is 1. The van der Waals surface area contributed by atoms with E-state index < -0.39 is 5.91 Å². The number of aromatic nitrogens is 1. The van der Waals surface area contributed by atoms with Crippen molar-refractivity contribution in [3.63, 3.8) is 0 Å². The number of carbonyl (C=O) groups excluding carboxylic acids is 1. The second-order valence-corrected chi connectivity index (χ2v) is 3.58. The Morgan fingerprint density at radius 2 is 2.22 bits per heavy atom. The number of pyridine rings is 1. The summed E-state index contributed by atoms with van der Waals surface area (Å²) >= 11 is 0. The molecule has 0 radical (unpaired) electrons. The molecule has 0 spiro atoms. The molecule has 0 bridgehead atoms. The molecular formula is C13H12N2O3. The molecule has 5 nitrogen and oxygen atoms in total. The molecule has 18 heavy (non-hydrogen) atoms. The maximum atomic E-state index is 11.9. The van der Waals surface area contributed by atoms with E-state index in [0.29, 0.717) is 11.4 Å². The molecule has 2 N–H and O–H groups in total. The Morgan fingerprint density at radius 3 is 2.89 bits per heavy atom. The maximum Gasteiger partial charge on any atom is 0.259 e. The summed E-state index contributed by atoms with van der Waals surface area (Å²) in [7, 11) is 1.50. The van der Waals surface area contributed by atoms with Crippen molar-refractivity contribution >= 4 is 11.6 Å². The van der Waals surface area contributed by atoms with Gasteiger partial charge in [-0.15, -0.1) is 0 Å². The summed E-state index contributed by atoms with van der Waals surface area (Å²) in [5, 5.41) is 12.3. The van der Waals surface area contributed by atoms with Crippen LogP contribution < -0.4 is 10.1 Å². The van der Waals surface area contributed by atoms with Crippen LogP contribution in [0.2, 0.25) is 0 Å². The molecule has 92 valence electrons. The number of phenolic OH excluding ortho intramolecular Hbond substituents is 1. The summed E-state index contributed by atoms with van der Waals surface area (Å²) in [5.41, 5.74) is 0.711. The van der Waals surface area contributed by atoms with E-state index in [4.69, 9.17) is 4.74 Å². The molecule has 5 heteroatoms. The number of hydrogen-bond acceptors (Lipinski definition) is 4. The molecule has 0 saturated heterocycles. The minimum atomic E-state index is -0.417. The van der Waals surface area contributed by atoms with Gasteiger partial charge in [-0.3, -0.25) is 9.78 Å². The highest BCUT2D eigenvalue weighted by Crippen LogP contribution is 2.23. The number of methoxy groups -OCH3 is 1. The highest BCUT2D eigenvalue weighted by molar-refractivity contribution is 6.06. The number of aromatic hydroxyl groups is 1. The van der Waals surface area contributed by atoms with Crippen molar-refractivity contribution in [3.05, 3.63) is 48.3 Å². The van der Waals surface area contributed by atoms with Gasteiger partial charge in [0.1, 0.15) is 11.5 Å². The fourth-order valence-corrected chi connectivity index (χ4v) is 1.46. The Morgan fingerprint density at radius 1 is 1.39 bits per heavy atom. The van der Waals surface area contributed by atoms with Gasteiger partial charge in [-0.25, -0.2) is 0 Å². The Bertz CT molecular complexity index is 555. The average molecular weight is 244 g/mol. The number of carbonyl (C=O) groups is 1. The number of benzene rings is 1. The van der Waals surface area contributed by atoms with E-state index in [1.807, 2.05) is 0 Å². The van der Waals surface area contributed by atoms with Gasteiger partial charge in [0.05, 0.1) is 24.6 Å². The molecule has 2 rings (SSSR count). The van der Waals surface area contributed by atoms with E-state index in [-0.39, 0.29) is 11.3 Å². The van der Waals surface area contributed by atoms with Gasteiger partial charge in [0.15, 0.2) is 0 Å². The van der Waals surface area contributed by atoms with Crippen molar-refractivity contribution in [3.8, 4) is 11.5 Å². The van der Waals surface area contributed by atoms with Crippen LogP contribution in [-0.2, 0) is 0 Å². The average Bonchev–Trinajstić information content (AvgIpc) is 2.40. The third-order valence-corrected chi connectivity index (χ3v) is 2.37. The Labute approximate surface area is 104 Å². The second-order valence-electron chi connectivity index (χ2n) is 3.58. The van der Waals surface area contributed by atoms with Crippen molar-refractivity contribution in [1.29, 1.82) is 0 Å². The summed E-state index contributed by atoms with van der Waals surface area (Å²) in [6.45, 7) is 0. The molecule has 0 aliphatic carbocycles. The van der Waals surface area contributed by atoms with Crippen molar-refractivity contribution in [2.45, 2.75) is 0 Å². The van der Waals surface area contributed by atoms with Crippen molar-refractivity contribution in [2.24, 2.45) is 0 Å². The Hall–Kier alpha value is -2.56. The zero-order valence-corrected chi connectivity index (χ0v) is 9.75. The first-order valence-electron chi connectivity index (χ1n) is 5.29. The van der Waals surface area contributed by atoms with Crippen LogP contribution >= 0.6 is 0 Å². The van der Waals surface area contributed by atoms with Gasteiger partial charge in [-0.05, 0) is 30.3 Å². The minimum Gasteiger partial charge on any atom is -0.507 e. The highest BCUT2D eigenvalue weighted by atomic mass is 16.5. The molecular weight excluding hydrogens is 232 g/mol. The second kappa shape index (κ2) is 5.18. The summed E-state index contributed by atoms with van der Waals surface area (Å²) in [4.78, 5) is 15.8. The summed E-state index contributed by atoms with van der Waals surface area (Å²) in [6.07, 6.45) is 3.13. The first kappa shape index (κ1) is 11.9. The van der Waals surface area contributed by atoms with E-state index in [9.17, 15) is 9.90 Å². The van der Waals surface area contributed by atoms with E-state index in [1.165, 1.54) is 25.4 Å². The van der Waals surface area contributed by atoms with Gasteiger partial charge in [-0.1, -0.05) is 0 Å². The van der Waals surface area contributed by atoms with Crippen LogP contribution in [0.1, 0.15) is 10.4 Å². The lowest BCUT2D eigenvalue weighted by molar-refractivity contribution is 0.102. The van der Waals surface area contributed by atoms with Crippen LogP contribution in [0.4, 0.5) is 5.69 Å². The fourth-order valence-electron chi connectivity index (χ4n) is 1.46. The predicted octanol–water partition coefficient (Wildman–Crippen LogP) is 2.05. The monoisotopic (exact) mass is 244 g/mol. The van der Waals surface area contributed by atoms with E-state index in [2.05, 4.69) is 10.3 Å². The molecule has 1 amide bonds. The first-order chi connectivity index (χ1) is 8.70. The van der Waals surface area contributed by atoms with Gasteiger partial charge < -0.3 is 15.2 Å². The van der Waals surface area contributed by atoms with Gasteiger partial charge in [0.25, 0.3) is 5.91 Å². The maximum absolute atomic E-state index is 11.9. The van der Waals surface area contributed by atoms with Crippen molar-refractivity contribution in [1.82, 2.24) is 4.98 Å². The number of anilines is 1. The SMILES string of the molecule is COc1ccc(O)c(C(=O)Nc2cccnc2)c1. The van der Waals surface area contributed by atoms with E-state index >= 15 is 0 Å². The van der Waals surface area contributed by atoms with Gasteiger partial charge >= 0.3 is 0 Å². The third kappa shape index (κ3) is 2.57. The Kier molecular flexibility index (Phi) is 3.43. The molecule has 0 aliphatic rings. The molecule has 1 aromatic carbocycles. The van der Waals surface area contributed by atoms with Crippen molar-refractivity contribution in [2.75, 3.05) is 12.4 Å². The highest BCUT2D eigenvalue weighted by Gasteiger charge is 2.12. The molecule has 1 heterocycles. The largest absolute Gasteiger partial charge is 0.507 e. The van der Waals surface area contributed by atoms with Crippen LogP contribution in [-0.4, -0.2) is 23.1 Å². The van der Waals surface area contributed by atoms with Gasteiger partial charge in [0, 0.05) is 6.20 Å². The predicted molar refractivity (Wildman–Crippen MR) is 66.8 cm³/mol. The van der Waals surface area contributed by atoms with Crippen LogP contribution in [0.15, 0.2) is 42.7 Å². The summed E-state index contributed by atoms with van der Waals surface area (Å²) in [6, 6.07) is 7.89. The standard InChI is InChI=1S/C13H12N2O3/c1-18-10-4-5-12(16)11(7-10)13(17)15-9-3-2-6-14-8-9/h2-8,16H,1H3,(H,15,17). The third-order valence-electron chi connectivity index (χ3n) is 2.37. The zero-order valence-electron chi connectivity index (χ0n) is 9.75. The zero-order chi connectivity index (χ0) is 13.0. The van der Waals surface area contributed by atoms with Crippen LogP contribution in [0.3, 0.4) is 0 Å². The quantitative estimate of drug-likeness (QED) is 0.866. The molecule has 0 atom stereocenters. The normalized spacial score (nSPS) is 9.83. The first-order valence-corrected chi connectivity index (χ1v) is 5.29. The molecule has 0 saturated carbocycles. The number of rotatable bonds is 3. The minimum absolute atomic E-state index is 0.0998. The van der Waals surface area contributed by atoms with Gasteiger partial charge in [0.2, 0.25) is 0 Å².